The van der Waals surface area contributed by atoms with Crippen LogP contribution in [0.4, 0.5) is 5.95 Å². The number of aliphatic hydroxyl groups is 1. The molecular weight excluding hydrogens is 652 g/mol. The first-order chi connectivity index (χ1) is 24.8. The number of anilines is 1. The Bertz CT molecular complexity index is 1930. The Balaban J connectivity index is 1.33. The number of ether oxygens (including phenoxy) is 5. The second-order valence-electron chi connectivity index (χ2n) is 12.3. The summed E-state index contributed by atoms with van der Waals surface area (Å²) in [6, 6.07) is 27.3. The zero-order chi connectivity index (χ0) is 36.0. The first-order valence-corrected chi connectivity index (χ1v) is 16.6. The molecule has 0 unspecified atom stereocenters. The van der Waals surface area contributed by atoms with E-state index in [2.05, 4.69) is 20.3 Å². The van der Waals surface area contributed by atoms with Crippen LogP contribution in [0.15, 0.2) is 85.2 Å². The largest absolute Gasteiger partial charge is 0.497 e. The third-order valence-corrected chi connectivity index (χ3v) is 8.75. The van der Waals surface area contributed by atoms with Crippen LogP contribution in [-0.2, 0) is 19.9 Å². The molecule has 0 saturated carbocycles. The summed E-state index contributed by atoms with van der Waals surface area (Å²) in [5.74, 6) is 0.969. The monoisotopic (exact) mass is 692 g/mol. The van der Waals surface area contributed by atoms with Gasteiger partial charge < -0.3 is 28.8 Å². The Morgan fingerprint density at radius 1 is 1.00 bits per heavy atom. The summed E-state index contributed by atoms with van der Waals surface area (Å²) in [5.41, 5.74) is 2.14. The minimum absolute atomic E-state index is 0.0183. The van der Waals surface area contributed by atoms with Gasteiger partial charge in [-0.3, -0.25) is 14.7 Å². The van der Waals surface area contributed by atoms with E-state index in [-0.39, 0.29) is 49.7 Å². The van der Waals surface area contributed by atoms with E-state index >= 15 is 0 Å². The van der Waals surface area contributed by atoms with Gasteiger partial charge in [0.1, 0.15) is 36.0 Å². The predicted octanol–water partition coefficient (Wildman–Crippen LogP) is 5.39. The molecule has 13 nitrogen and oxygen atoms in total. The summed E-state index contributed by atoms with van der Waals surface area (Å²) in [4.78, 5) is 25.9. The first-order valence-electron chi connectivity index (χ1n) is 16.6. The van der Waals surface area contributed by atoms with E-state index in [4.69, 9.17) is 28.9 Å². The highest BCUT2D eigenvalue weighted by atomic mass is 16.6. The van der Waals surface area contributed by atoms with Gasteiger partial charge >= 0.3 is 0 Å². The number of aromatic nitrogens is 4. The number of methoxy groups -OCH3 is 2. The van der Waals surface area contributed by atoms with Gasteiger partial charge in [-0.2, -0.15) is 15.2 Å². The number of benzene rings is 3. The molecule has 51 heavy (non-hydrogen) atoms. The van der Waals surface area contributed by atoms with Crippen LogP contribution in [0.5, 0.6) is 17.4 Å². The molecule has 3 heterocycles. The fraction of sp³-hybridized carbons (Fsp3) is 0.342. The third kappa shape index (κ3) is 7.34. The average molecular weight is 693 g/mol. The molecule has 1 fully saturated rings. The topological polar surface area (TPSA) is 163 Å². The van der Waals surface area contributed by atoms with Crippen molar-refractivity contribution in [2.75, 3.05) is 32.8 Å². The molecule has 3 atom stereocenters. The summed E-state index contributed by atoms with van der Waals surface area (Å²) in [6.45, 7) is 3.61. The highest BCUT2D eigenvalue weighted by Crippen LogP contribution is 2.43. The normalized spacial score (nSPS) is 17.3. The molecule has 0 bridgehead atoms. The van der Waals surface area contributed by atoms with Crippen molar-refractivity contribution >= 4 is 23.0 Å². The summed E-state index contributed by atoms with van der Waals surface area (Å²) in [7, 11) is 3.24. The molecule has 1 saturated heterocycles. The third-order valence-electron chi connectivity index (χ3n) is 8.75. The van der Waals surface area contributed by atoms with Gasteiger partial charge in [0.25, 0.3) is 0 Å². The number of fused-ring (bicyclic) bond motifs is 1. The molecule has 0 aliphatic carbocycles. The Morgan fingerprint density at radius 2 is 1.63 bits per heavy atom. The van der Waals surface area contributed by atoms with Gasteiger partial charge in [0.05, 0.1) is 45.7 Å². The zero-order valence-electron chi connectivity index (χ0n) is 28.9. The molecule has 1 aliphatic heterocycles. The molecule has 2 N–H and O–H groups in total. The highest BCUT2D eigenvalue weighted by molar-refractivity contribution is 5.91. The number of rotatable bonds is 14. The highest BCUT2D eigenvalue weighted by Gasteiger charge is 2.42. The number of hydrogen-bond donors (Lipinski definition) is 2. The Labute approximate surface area is 295 Å². The summed E-state index contributed by atoms with van der Waals surface area (Å²) < 4.78 is 31.8. The summed E-state index contributed by atoms with van der Waals surface area (Å²) >= 11 is 0. The van der Waals surface area contributed by atoms with Crippen molar-refractivity contribution < 1.29 is 33.6 Å². The predicted molar refractivity (Wildman–Crippen MR) is 187 cm³/mol. The second-order valence-corrected chi connectivity index (χ2v) is 12.3. The van der Waals surface area contributed by atoms with Crippen molar-refractivity contribution in [3.8, 4) is 23.4 Å². The number of amides is 1. The Hall–Kier alpha value is -5.55. The zero-order valence-corrected chi connectivity index (χ0v) is 28.9. The Morgan fingerprint density at radius 3 is 2.22 bits per heavy atom. The lowest BCUT2D eigenvalue weighted by Crippen LogP contribution is -2.38. The minimum Gasteiger partial charge on any atom is -0.497 e. The van der Waals surface area contributed by atoms with Crippen molar-refractivity contribution in [2.45, 2.75) is 50.7 Å². The van der Waals surface area contributed by atoms with Crippen LogP contribution in [-0.4, -0.2) is 70.2 Å². The molecule has 0 radical (unpaired) electrons. The van der Waals surface area contributed by atoms with E-state index in [1.165, 1.54) is 6.33 Å². The molecule has 2 aromatic heterocycles. The number of nitrogens with one attached hydrogen (secondary N) is 1. The van der Waals surface area contributed by atoms with Crippen molar-refractivity contribution in [3.63, 3.8) is 0 Å². The molecular formula is C38H40N6O7. The first kappa shape index (κ1) is 35.3. The second kappa shape index (κ2) is 15.6. The average Bonchev–Trinajstić information content (AvgIpc) is 3.75. The van der Waals surface area contributed by atoms with Gasteiger partial charge in [-0.05, 0) is 41.0 Å². The lowest BCUT2D eigenvalue weighted by Gasteiger charge is -2.37. The maximum atomic E-state index is 12.5. The number of imidazole rings is 1. The SMILES string of the molecule is COc1ccc(C(OC[C@H]2O[C@@H](n3cnc4c(OCCC#N)nc(NC(=O)C(C)C)nc43)C[C@H]2O)(c2ccccc2)c2ccc(OC)cc2)cc1. The van der Waals surface area contributed by atoms with Crippen LogP contribution in [0.1, 0.15) is 49.6 Å². The number of aliphatic hydroxyl groups excluding tert-OH is 1. The number of carbonyl (C=O) groups is 1. The van der Waals surface area contributed by atoms with Crippen LogP contribution in [0.3, 0.4) is 0 Å². The number of nitrogens with zero attached hydrogens (tertiary/aromatic N) is 5. The van der Waals surface area contributed by atoms with Gasteiger partial charge in [0.15, 0.2) is 11.2 Å². The van der Waals surface area contributed by atoms with E-state index in [9.17, 15) is 9.90 Å². The summed E-state index contributed by atoms with van der Waals surface area (Å²) in [6.07, 6.45) is -0.431. The van der Waals surface area contributed by atoms with Crippen molar-refractivity contribution in [1.82, 2.24) is 19.5 Å². The van der Waals surface area contributed by atoms with Crippen LogP contribution < -0.4 is 19.5 Å². The molecule has 5 aromatic rings. The quantitative estimate of drug-likeness (QED) is 0.113. The molecule has 3 aromatic carbocycles. The van der Waals surface area contributed by atoms with E-state index < -0.39 is 24.0 Å². The standard InChI is InChI=1S/C38H40N6O7/c1-24(2)35(46)42-37-41-34-33(36(43-37)49-20-8-19-39)40-23-44(34)32-21-30(45)31(51-32)22-50-38(25-9-6-5-7-10-25,26-11-15-28(47-3)16-12-26)27-13-17-29(48-4)18-14-27/h5-7,9-18,23-24,30-32,45H,8,20-22H2,1-4H3,(H,41,42,43,46)/t30-,31-,32-/m1/s1. The minimum atomic E-state index is -1.10. The summed E-state index contributed by atoms with van der Waals surface area (Å²) in [5, 5.41) is 23.1. The van der Waals surface area contributed by atoms with Crippen molar-refractivity contribution in [3.05, 3.63) is 102 Å². The van der Waals surface area contributed by atoms with E-state index in [1.807, 2.05) is 84.9 Å². The molecule has 264 valence electrons. The lowest BCUT2D eigenvalue weighted by molar-refractivity contribution is -0.118. The number of carbonyl (C=O) groups excluding carboxylic acids is 1. The van der Waals surface area contributed by atoms with Crippen LogP contribution in [0.2, 0.25) is 0 Å². The molecule has 0 spiro atoms. The van der Waals surface area contributed by atoms with Gasteiger partial charge in [-0.25, -0.2) is 4.98 Å². The van der Waals surface area contributed by atoms with Crippen LogP contribution >= 0.6 is 0 Å². The fourth-order valence-corrected chi connectivity index (χ4v) is 6.02. The molecule has 6 rings (SSSR count). The maximum absolute atomic E-state index is 12.5. The number of hydrogen-bond acceptors (Lipinski definition) is 11. The van der Waals surface area contributed by atoms with E-state index in [0.29, 0.717) is 22.7 Å². The van der Waals surface area contributed by atoms with Gasteiger partial charge in [-0.1, -0.05) is 68.4 Å². The maximum Gasteiger partial charge on any atom is 0.247 e. The van der Waals surface area contributed by atoms with Gasteiger partial charge in [0, 0.05) is 12.3 Å². The van der Waals surface area contributed by atoms with Gasteiger partial charge in [-0.15, -0.1) is 0 Å². The molecule has 1 aliphatic rings. The van der Waals surface area contributed by atoms with Crippen LogP contribution in [0, 0.1) is 17.2 Å². The molecule has 1 amide bonds. The van der Waals surface area contributed by atoms with E-state index in [1.54, 1.807) is 32.6 Å². The van der Waals surface area contributed by atoms with E-state index in [0.717, 1.165) is 16.7 Å². The fourth-order valence-electron chi connectivity index (χ4n) is 6.02. The number of nitriles is 1. The molecule has 13 heteroatoms. The van der Waals surface area contributed by atoms with Crippen molar-refractivity contribution in [1.29, 1.82) is 5.26 Å². The smallest absolute Gasteiger partial charge is 0.247 e. The Kier molecular flexibility index (Phi) is 10.8. The van der Waals surface area contributed by atoms with Crippen molar-refractivity contribution in [2.24, 2.45) is 5.92 Å². The lowest BCUT2D eigenvalue weighted by atomic mass is 9.80. The van der Waals surface area contributed by atoms with Crippen LogP contribution in [0.25, 0.3) is 11.2 Å². The van der Waals surface area contributed by atoms with Gasteiger partial charge in [0.2, 0.25) is 17.7 Å².